The third-order valence-corrected chi connectivity index (χ3v) is 2.74. The predicted octanol–water partition coefficient (Wildman–Crippen LogP) is 3.34. The van der Waals surface area contributed by atoms with E-state index < -0.39 is 17.9 Å². The molecule has 1 N–H and O–H groups in total. The molecule has 0 aliphatic rings. The minimum absolute atomic E-state index is 0.400. The Morgan fingerprint density at radius 1 is 1.16 bits per heavy atom. The maximum Gasteiger partial charge on any atom is 0.349 e. The van der Waals surface area contributed by atoms with Crippen molar-refractivity contribution in [3.05, 3.63) is 65.5 Å². The van der Waals surface area contributed by atoms with E-state index in [0.29, 0.717) is 11.3 Å². The average molecular weight is 260 g/mol. The van der Waals surface area contributed by atoms with Crippen LogP contribution in [0.4, 0.5) is 4.39 Å². The first-order valence-corrected chi connectivity index (χ1v) is 5.78. The second-order valence-corrected chi connectivity index (χ2v) is 4.15. The first kappa shape index (κ1) is 13.1. The molecule has 0 heterocycles. The molecular weight excluding hydrogens is 247 g/mol. The van der Waals surface area contributed by atoms with Crippen molar-refractivity contribution in [3.8, 4) is 5.75 Å². The van der Waals surface area contributed by atoms with Gasteiger partial charge in [0.25, 0.3) is 0 Å². The van der Waals surface area contributed by atoms with Gasteiger partial charge in [-0.15, -0.1) is 0 Å². The van der Waals surface area contributed by atoms with Crippen molar-refractivity contribution in [2.45, 2.75) is 13.0 Å². The van der Waals surface area contributed by atoms with E-state index in [4.69, 9.17) is 4.74 Å². The molecule has 2 rings (SSSR count). The minimum Gasteiger partial charge on any atom is -0.478 e. The summed E-state index contributed by atoms with van der Waals surface area (Å²) in [7, 11) is 0. The molecule has 0 saturated heterocycles. The fourth-order valence-corrected chi connectivity index (χ4v) is 1.71. The van der Waals surface area contributed by atoms with E-state index in [1.54, 1.807) is 12.1 Å². The molecule has 3 nitrogen and oxygen atoms in total. The Morgan fingerprint density at radius 3 is 2.37 bits per heavy atom. The highest BCUT2D eigenvalue weighted by Gasteiger charge is 2.22. The van der Waals surface area contributed by atoms with E-state index in [-0.39, 0.29) is 0 Å². The highest BCUT2D eigenvalue weighted by molar-refractivity contribution is 5.74. The van der Waals surface area contributed by atoms with Gasteiger partial charge in [-0.05, 0) is 30.7 Å². The van der Waals surface area contributed by atoms with Gasteiger partial charge in [0.2, 0.25) is 6.10 Å². The molecule has 98 valence electrons. The summed E-state index contributed by atoms with van der Waals surface area (Å²) in [5, 5.41) is 9.23. The highest BCUT2D eigenvalue weighted by Crippen LogP contribution is 2.25. The zero-order valence-corrected chi connectivity index (χ0v) is 10.3. The summed E-state index contributed by atoms with van der Waals surface area (Å²) in [5.41, 5.74) is 1.24. The topological polar surface area (TPSA) is 46.5 Å². The van der Waals surface area contributed by atoms with E-state index in [1.807, 2.05) is 19.1 Å². The summed E-state index contributed by atoms with van der Waals surface area (Å²) in [5.74, 6) is -1.03. The van der Waals surface area contributed by atoms with E-state index in [2.05, 4.69) is 0 Å². The van der Waals surface area contributed by atoms with Crippen molar-refractivity contribution in [2.24, 2.45) is 0 Å². The summed E-state index contributed by atoms with van der Waals surface area (Å²) in [4.78, 5) is 11.3. The second kappa shape index (κ2) is 5.52. The molecular formula is C15H13FO3. The number of hydrogen-bond donors (Lipinski definition) is 1. The molecule has 4 heteroatoms. The average Bonchev–Trinajstić information content (AvgIpc) is 2.39. The number of halogens is 1. The van der Waals surface area contributed by atoms with Gasteiger partial charge in [-0.25, -0.2) is 9.18 Å². The summed E-state index contributed by atoms with van der Waals surface area (Å²) in [6, 6.07) is 12.4. The molecule has 0 bridgehead atoms. The van der Waals surface area contributed by atoms with E-state index >= 15 is 0 Å². The molecule has 2 aromatic rings. The molecule has 0 aliphatic carbocycles. The maximum absolute atomic E-state index is 12.9. The lowest BCUT2D eigenvalue weighted by Crippen LogP contribution is -2.18. The quantitative estimate of drug-likeness (QED) is 0.917. The van der Waals surface area contributed by atoms with E-state index in [1.165, 1.54) is 24.3 Å². The molecule has 0 radical (unpaired) electrons. The predicted molar refractivity (Wildman–Crippen MR) is 68.6 cm³/mol. The Labute approximate surface area is 110 Å². The summed E-state index contributed by atoms with van der Waals surface area (Å²) in [6.07, 6.45) is -1.15. The van der Waals surface area contributed by atoms with Gasteiger partial charge in [0.05, 0.1) is 0 Å². The molecule has 0 spiro atoms. The number of para-hydroxylation sites is 1. The van der Waals surface area contributed by atoms with Crippen LogP contribution in [0.3, 0.4) is 0 Å². The van der Waals surface area contributed by atoms with Gasteiger partial charge in [-0.1, -0.05) is 30.3 Å². The monoisotopic (exact) mass is 260 g/mol. The lowest BCUT2D eigenvalue weighted by molar-refractivity contribution is -0.145. The molecule has 0 aromatic heterocycles. The van der Waals surface area contributed by atoms with Gasteiger partial charge in [-0.3, -0.25) is 0 Å². The Kier molecular flexibility index (Phi) is 3.80. The second-order valence-electron chi connectivity index (χ2n) is 4.15. The standard InChI is InChI=1S/C15H13FO3/c1-10-4-2-3-5-13(10)19-14(15(17)18)11-6-8-12(16)9-7-11/h2-9,14H,1H3,(H,17,18). The van der Waals surface area contributed by atoms with Crippen LogP contribution >= 0.6 is 0 Å². The van der Waals surface area contributed by atoms with Crippen molar-refractivity contribution in [1.82, 2.24) is 0 Å². The lowest BCUT2D eigenvalue weighted by Gasteiger charge is -2.16. The van der Waals surface area contributed by atoms with Crippen LogP contribution in [0.5, 0.6) is 5.75 Å². The zero-order valence-electron chi connectivity index (χ0n) is 10.3. The van der Waals surface area contributed by atoms with Gasteiger partial charge < -0.3 is 9.84 Å². The van der Waals surface area contributed by atoms with Crippen LogP contribution in [0.25, 0.3) is 0 Å². The smallest absolute Gasteiger partial charge is 0.349 e. The number of aryl methyl sites for hydroxylation is 1. The third-order valence-electron chi connectivity index (χ3n) is 2.74. The number of ether oxygens (including phenoxy) is 1. The number of hydrogen-bond acceptors (Lipinski definition) is 2. The van der Waals surface area contributed by atoms with Crippen molar-refractivity contribution in [3.63, 3.8) is 0 Å². The van der Waals surface area contributed by atoms with Crippen molar-refractivity contribution in [2.75, 3.05) is 0 Å². The normalized spacial score (nSPS) is 11.9. The molecule has 0 aliphatic heterocycles. The molecule has 19 heavy (non-hydrogen) atoms. The Hall–Kier alpha value is -2.36. The number of carbonyl (C=O) groups is 1. The zero-order chi connectivity index (χ0) is 13.8. The first-order chi connectivity index (χ1) is 9.08. The summed E-state index contributed by atoms with van der Waals surface area (Å²) < 4.78 is 18.4. The molecule has 2 aromatic carbocycles. The van der Waals surface area contributed by atoms with Crippen LogP contribution in [0.15, 0.2) is 48.5 Å². The molecule has 1 unspecified atom stereocenters. The fraction of sp³-hybridized carbons (Fsp3) is 0.133. The van der Waals surface area contributed by atoms with Crippen molar-refractivity contribution >= 4 is 5.97 Å². The Morgan fingerprint density at radius 2 is 1.79 bits per heavy atom. The van der Waals surface area contributed by atoms with Crippen molar-refractivity contribution < 1.29 is 19.0 Å². The Bertz CT molecular complexity index is 578. The number of aliphatic carboxylic acids is 1. The highest BCUT2D eigenvalue weighted by atomic mass is 19.1. The molecule has 0 amide bonds. The summed E-state index contributed by atoms with van der Waals surface area (Å²) in [6.45, 7) is 1.83. The Balaban J connectivity index is 2.29. The third kappa shape index (κ3) is 3.10. The SMILES string of the molecule is Cc1ccccc1OC(C(=O)O)c1ccc(F)cc1. The lowest BCUT2D eigenvalue weighted by atomic mass is 10.1. The van der Waals surface area contributed by atoms with E-state index in [0.717, 1.165) is 5.56 Å². The minimum atomic E-state index is -1.15. The number of carboxylic acid groups (broad SMARTS) is 1. The van der Waals surface area contributed by atoms with Gasteiger partial charge >= 0.3 is 5.97 Å². The van der Waals surface area contributed by atoms with Crippen LogP contribution < -0.4 is 4.74 Å². The summed E-state index contributed by atoms with van der Waals surface area (Å²) >= 11 is 0. The van der Waals surface area contributed by atoms with Crippen LogP contribution in [0.1, 0.15) is 17.2 Å². The fourth-order valence-electron chi connectivity index (χ4n) is 1.71. The van der Waals surface area contributed by atoms with Crippen LogP contribution in [0, 0.1) is 12.7 Å². The maximum atomic E-state index is 12.9. The number of benzene rings is 2. The van der Waals surface area contributed by atoms with Crippen LogP contribution in [0.2, 0.25) is 0 Å². The molecule has 0 fully saturated rings. The van der Waals surface area contributed by atoms with Gasteiger partial charge in [0.15, 0.2) is 0 Å². The van der Waals surface area contributed by atoms with Crippen molar-refractivity contribution in [1.29, 1.82) is 0 Å². The first-order valence-electron chi connectivity index (χ1n) is 5.78. The van der Waals surface area contributed by atoms with Gasteiger partial charge in [-0.2, -0.15) is 0 Å². The van der Waals surface area contributed by atoms with Gasteiger partial charge in [0, 0.05) is 5.56 Å². The van der Waals surface area contributed by atoms with Crippen LogP contribution in [-0.2, 0) is 4.79 Å². The van der Waals surface area contributed by atoms with Gasteiger partial charge in [0.1, 0.15) is 11.6 Å². The number of carboxylic acids is 1. The molecule has 0 saturated carbocycles. The van der Waals surface area contributed by atoms with Crippen LogP contribution in [-0.4, -0.2) is 11.1 Å². The number of rotatable bonds is 4. The molecule has 1 atom stereocenters. The largest absolute Gasteiger partial charge is 0.478 e. The van der Waals surface area contributed by atoms with E-state index in [9.17, 15) is 14.3 Å².